The molecule has 1 aromatic rings. The molecule has 0 radical (unpaired) electrons. The van der Waals surface area contributed by atoms with Crippen molar-refractivity contribution >= 4 is 29.9 Å². The van der Waals surface area contributed by atoms with E-state index in [4.69, 9.17) is 0 Å². The molecular formula is C15H27F3IN5. The first-order chi connectivity index (χ1) is 10.8. The topological polar surface area (TPSA) is 54.2 Å². The number of aromatic nitrogens is 2. The average molecular weight is 461 g/mol. The van der Waals surface area contributed by atoms with Crippen LogP contribution >= 0.6 is 24.0 Å². The monoisotopic (exact) mass is 461 g/mol. The second-order valence-electron chi connectivity index (χ2n) is 5.64. The Morgan fingerprint density at radius 2 is 2.04 bits per heavy atom. The largest absolute Gasteiger partial charge is 0.435 e. The Labute approximate surface area is 158 Å². The van der Waals surface area contributed by atoms with Crippen molar-refractivity contribution in [2.45, 2.75) is 58.3 Å². The maximum absolute atomic E-state index is 12.9. The minimum Gasteiger partial charge on any atom is -0.354 e. The van der Waals surface area contributed by atoms with Crippen molar-refractivity contribution in [3.63, 3.8) is 0 Å². The Hall–Kier alpha value is -1.00. The summed E-state index contributed by atoms with van der Waals surface area (Å²) in [5.74, 6) is 0.492. The molecule has 0 amide bonds. The van der Waals surface area contributed by atoms with Crippen LogP contribution < -0.4 is 10.6 Å². The average Bonchev–Trinajstić information content (AvgIpc) is 2.85. The normalized spacial score (nSPS) is 13.4. The molecule has 0 aliphatic heterocycles. The van der Waals surface area contributed by atoms with Crippen molar-refractivity contribution in [2.75, 3.05) is 7.05 Å². The van der Waals surface area contributed by atoms with Crippen LogP contribution in [-0.2, 0) is 19.8 Å². The number of unbranched alkanes of at least 4 members (excludes halogenated alkanes) is 2. The maximum atomic E-state index is 12.9. The van der Waals surface area contributed by atoms with E-state index < -0.39 is 11.9 Å². The summed E-state index contributed by atoms with van der Waals surface area (Å²) in [6.07, 6.45) is 1.35. The van der Waals surface area contributed by atoms with E-state index in [1.165, 1.54) is 24.3 Å². The molecule has 5 nitrogen and oxygen atoms in total. The number of nitrogens with one attached hydrogen (secondary N) is 2. The number of rotatable bonds is 7. The third kappa shape index (κ3) is 7.71. The van der Waals surface area contributed by atoms with Crippen LogP contribution in [0.5, 0.6) is 0 Å². The Balaban J connectivity index is 0.00000529. The van der Waals surface area contributed by atoms with Crippen molar-refractivity contribution < 1.29 is 13.2 Å². The van der Waals surface area contributed by atoms with Crippen LogP contribution in [0.3, 0.4) is 0 Å². The highest BCUT2D eigenvalue weighted by atomic mass is 127. The second kappa shape index (κ2) is 10.8. The fraction of sp³-hybridized carbons (Fsp3) is 0.733. The van der Waals surface area contributed by atoms with E-state index >= 15 is 0 Å². The summed E-state index contributed by atoms with van der Waals surface area (Å²) in [6, 6.07) is 0.212. The van der Waals surface area contributed by atoms with Crippen LogP contribution in [0.15, 0.2) is 11.2 Å². The predicted molar refractivity (Wildman–Crippen MR) is 101 cm³/mol. The van der Waals surface area contributed by atoms with Crippen molar-refractivity contribution in [1.82, 2.24) is 20.4 Å². The third-order valence-electron chi connectivity index (χ3n) is 3.47. The summed E-state index contributed by atoms with van der Waals surface area (Å²) >= 11 is 0. The lowest BCUT2D eigenvalue weighted by atomic mass is 10.1. The van der Waals surface area contributed by atoms with Crippen LogP contribution in [0.25, 0.3) is 0 Å². The van der Waals surface area contributed by atoms with Gasteiger partial charge in [-0.25, -0.2) is 0 Å². The van der Waals surface area contributed by atoms with E-state index in [-0.39, 0.29) is 42.1 Å². The van der Waals surface area contributed by atoms with Gasteiger partial charge in [-0.2, -0.15) is 18.3 Å². The highest BCUT2D eigenvalue weighted by molar-refractivity contribution is 14.0. The molecule has 1 aromatic heterocycles. The van der Waals surface area contributed by atoms with Gasteiger partial charge < -0.3 is 10.6 Å². The van der Waals surface area contributed by atoms with Crippen molar-refractivity contribution in [1.29, 1.82) is 0 Å². The van der Waals surface area contributed by atoms with Gasteiger partial charge in [0.15, 0.2) is 11.7 Å². The van der Waals surface area contributed by atoms with Gasteiger partial charge in [-0.05, 0) is 13.3 Å². The zero-order valence-corrected chi connectivity index (χ0v) is 16.9. The number of aryl methyl sites for hydroxylation is 1. The number of hydrogen-bond donors (Lipinski definition) is 2. The smallest absolute Gasteiger partial charge is 0.354 e. The summed E-state index contributed by atoms with van der Waals surface area (Å²) in [6.45, 7) is 4.20. The lowest BCUT2D eigenvalue weighted by molar-refractivity contribution is -0.142. The molecule has 0 fully saturated rings. The van der Waals surface area contributed by atoms with Gasteiger partial charge in [-0.15, -0.1) is 24.0 Å². The molecule has 0 aromatic carbocycles. The van der Waals surface area contributed by atoms with Gasteiger partial charge in [-0.1, -0.05) is 26.2 Å². The molecule has 0 saturated heterocycles. The Morgan fingerprint density at radius 1 is 1.38 bits per heavy atom. The van der Waals surface area contributed by atoms with Gasteiger partial charge in [-0.3, -0.25) is 9.67 Å². The lowest BCUT2D eigenvalue weighted by Gasteiger charge is -2.18. The fourth-order valence-electron chi connectivity index (χ4n) is 2.29. The molecule has 2 N–H and O–H groups in total. The number of aliphatic imine (C=N–C) groups is 1. The first-order valence-corrected chi connectivity index (χ1v) is 7.84. The van der Waals surface area contributed by atoms with E-state index in [2.05, 4.69) is 27.6 Å². The molecule has 1 rings (SSSR count). The molecule has 1 heterocycles. The van der Waals surface area contributed by atoms with Gasteiger partial charge in [0.05, 0.1) is 0 Å². The Kier molecular flexibility index (Phi) is 10.3. The van der Waals surface area contributed by atoms with E-state index in [9.17, 15) is 13.2 Å². The third-order valence-corrected chi connectivity index (χ3v) is 3.47. The number of nitrogens with zero attached hydrogens (tertiary/aromatic N) is 3. The highest BCUT2D eigenvalue weighted by Gasteiger charge is 2.36. The molecule has 1 atom stereocenters. The lowest BCUT2D eigenvalue weighted by Crippen LogP contribution is -2.42. The molecule has 0 spiro atoms. The zero-order chi connectivity index (χ0) is 17.5. The highest BCUT2D eigenvalue weighted by Crippen LogP contribution is 2.30. The Bertz CT molecular complexity index is 514. The summed E-state index contributed by atoms with van der Waals surface area (Å²) in [5, 5.41) is 9.60. The van der Waals surface area contributed by atoms with Crippen molar-refractivity contribution in [3.05, 3.63) is 17.5 Å². The standard InChI is InChI=1S/C15H26F3N5.HI/c1-5-6-7-8-11(2)21-14(19-3)20-9-12-10-23(4)22-13(12)15(16,17)18;/h10-11H,5-9H2,1-4H3,(H2,19,20,21);1H. The number of alkyl halides is 3. The molecule has 0 bridgehead atoms. The van der Waals surface area contributed by atoms with Gasteiger partial charge in [0.2, 0.25) is 0 Å². The van der Waals surface area contributed by atoms with Crippen LogP contribution in [0.1, 0.15) is 50.8 Å². The molecule has 24 heavy (non-hydrogen) atoms. The van der Waals surface area contributed by atoms with Crippen molar-refractivity contribution in [2.24, 2.45) is 12.0 Å². The fourth-order valence-corrected chi connectivity index (χ4v) is 2.29. The molecule has 9 heteroatoms. The first kappa shape index (κ1) is 23.0. The van der Waals surface area contributed by atoms with Crippen molar-refractivity contribution in [3.8, 4) is 0 Å². The van der Waals surface area contributed by atoms with Gasteiger partial charge in [0.25, 0.3) is 0 Å². The number of halogens is 4. The number of hydrogen-bond acceptors (Lipinski definition) is 2. The van der Waals surface area contributed by atoms with E-state index in [0.717, 1.165) is 19.3 Å². The quantitative estimate of drug-likeness (QED) is 0.282. The zero-order valence-electron chi connectivity index (χ0n) is 14.6. The molecule has 140 valence electrons. The van der Waals surface area contributed by atoms with Crippen LogP contribution in [0.2, 0.25) is 0 Å². The Morgan fingerprint density at radius 3 is 2.58 bits per heavy atom. The minimum absolute atomic E-state index is 0. The van der Waals surface area contributed by atoms with Gasteiger partial charge in [0.1, 0.15) is 0 Å². The first-order valence-electron chi connectivity index (χ1n) is 7.84. The molecule has 0 aliphatic carbocycles. The minimum atomic E-state index is -4.46. The number of guanidine groups is 1. The van der Waals surface area contributed by atoms with E-state index in [0.29, 0.717) is 5.96 Å². The summed E-state index contributed by atoms with van der Waals surface area (Å²) in [7, 11) is 3.07. The van der Waals surface area contributed by atoms with Gasteiger partial charge in [0, 0.05) is 38.4 Å². The van der Waals surface area contributed by atoms with E-state index in [1.807, 2.05) is 6.92 Å². The summed E-state index contributed by atoms with van der Waals surface area (Å²) < 4.78 is 39.9. The molecule has 0 aliphatic rings. The van der Waals surface area contributed by atoms with Crippen LogP contribution in [0, 0.1) is 0 Å². The summed E-state index contributed by atoms with van der Waals surface area (Å²) in [4.78, 5) is 4.06. The molecule has 1 unspecified atom stereocenters. The molecule has 0 saturated carbocycles. The second-order valence-corrected chi connectivity index (χ2v) is 5.64. The summed E-state index contributed by atoms with van der Waals surface area (Å²) in [5.41, 5.74) is -0.763. The van der Waals surface area contributed by atoms with E-state index in [1.54, 1.807) is 7.05 Å². The SMILES string of the molecule is CCCCCC(C)NC(=NC)NCc1cn(C)nc1C(F)(F)F.I. The predicted octanol–water partition coefficient (Wildman–Crippen LogP) is 3.69. The van der Waals surface area contributed by atoms with Crippen LogP contribution in [-0.4, -0.2) is 28.8 Å². The van der Waals surface area contributed by atoms with Gasteiger partial charge >= 0.3 is 6.18 Å². The van der Waals surface area contributed by atoms with Crippen LogP contribution in [0.4, 0.5) is 13.2 Å². The maximum Gasteiger partial charge on any atom is 0.435 e. The molecular weight excluding hydrogens is 434 g/mol.